The van der Waals surface area contributed by atoms with Crippen molar-refractivity contribution in [3.8, 4) is 0 Å². The van der Waals surface area contributed by atoms with Crippen LogP contribution in [0.4, 0.5) is 0 Å². The molecule has 0 aromatic rings. The summed E-state index contributed by atoms with van der Waals surface area (Å²) in [5, 5.41) is 17.9. The molecule has 0 rings (SSSR count). The summed E-state index contributed by atoms with van der Waals surface area (Å²) < 4.78 is 0. The van der Waals surface area contributed by atoms with E-state index < -0.39 is 17.5 Å². The zero-order chi connectivity index (χ0) is 9.78. The zero-order valence-corrected chi connectivity index (χ0v) is 8.00. The van der Waals surface area contributed by atoms with Crippen LogP contribution >= 0.6 is 0 Å². The Kier molecular flexibility index (Phi) is 4.24. The molecule has 2 N–H and O–H groups in total. The molecule has 0 aliphatic heterocycles. The van der Waals surface area contributed by atoms with Crippen molar-refractivity contribution < 1.29 is 15.0 Å². The first-order valence-electron chi connectivity index (χ1n) is 4.34. The second-order valence-corrected chi connectivity index (χ2v) is 3.61. The first kappa shape index (κ1) is 11.4. The number of rotatable bonds is 5. The quantitative estimate of drug-likeness (QED) is 0.666. The summed E-state index contributed by atoms with van der Waals surface area (Å²) in [6.07, 6.45) is 1.29. The highest BCUT2D eigenvalue weighted by Gasteiger charge is 2.30. The number of hydrogen-bond acceptors (Lipinski definition) is 2. The highest BCUT2D eigenvalue weighted by molar-refractivity contribution is 5.73. The Balaban J connectivity index is 4.06. The number of carbonyl (C=O) groups is 1. The zero-order valence-electron chi connectivity index (χ0n) is 8.00. The summed E-state index contributed by atoms with van der Waals surface area (Å²) in [6.45, 7) is 5.26. The molecule has 0 aliphatic carbocycles. The molecule has 3 heteroatoms. The van der Waals surface area contributed by atoms with Gasteiger partial charge in [0.15, 0.2) is 0 Å². The molecule has 0 saturated carbocycles. The molecule has 0 spiro atoms. The summed E-state index contributed by atoms with van der Waals surface area (Å²) in [5.41, 5.74) is -0.670. The van der Waals surface area contributed by atoms with E-state index in [1.54, 1.807) is 13.8 Å². The fourth-order valence-electron chi connectivity index (χ4n) is 0.962. The van der Waals surface area contributed by atoms with Crippen molar-refractivity contribution in [3.63, 3.8) is 0 Å². The van der Waals surface area contributed by atoms with E-state index >= 15 is 0 Å². The molecule has 0 fully saturated rings. The van der Waals surface area contributed by atoms with Crippen molar-refractivity contribution in [2.24, 2.45) is 5.41 Å². The van der Waals surface area contributed by atoms with Gasteiger partial charge in [0.05, 0.1) is 11.5 Å². The van der Waals surface area contributed by atoms with Gasteiger partial charge in [-0.15, -0.1) is 0 Å². The maximum atomic E-state index is 10.8. The molecule has 0 bridgehead atoms. The van der Waals surface area contributed by atoms with Gasteiger partial charge in [-0.2, -0.15) is 0 Å². The van der Waals surface area contributed by atoms with Crippen LogP contribution in [-0.4, -0.2) is 22.3 Å². The molecule has 0 aromatic carbocycles. The Labute approximate surface area is 73.4 Å². The van der Waals surface area contributed by atoms with Gasteiger partial charge in [0, 0.05) is 0 Å². The van der Waals surface area contributed by atoms with Crippen molar-refractivity contribution in [1.29, 1.82) is 0 Å². The van der Waals surface area contributed by atoms with Crippen LogP contribution < -0.4 is 0 Å². The van der Waals surface area contributed by atoms with Gasteiger partial charge in [-0.3, -0.25) is 4.79 Å². The first-order valence-corrected chi connectivity index (χ1v) is 4.34. The van der Waals surface area contributed by atoms with Gasteiger partial charge in [0.2, 0.25) is 0 Å². The second kappa shape index (κ2) is 4.45. The summed E-state index contributed by atoms with van der Waals surface area (Å²) in [4.78, 5) is 10.8. The van der Waals surface area contributed by atoms with Gasteiger partial charge in [0.1, 0.15) is 0 Å². The molecule has 0 amide bonds. The molecule has 0 saturated heterocycles. The third-order valence-electron chi connectivity index (χ3n) is 2.41. The molecule has 72 valence electrons. The van der Waals surface area contributed by atoms with E-state index in [4.69, 9.17) is 10.2 Å². The predicted octanol–water partition coefficient (Wildman–Crippen LogP) is 1.65. The normalized spacial score (nSPS) is 18.3. The maximum Gasteiger partial charge on any atom is 0.309 e. The molecule has 0 radical (unpaired) electrons. The Morgan fingerprint density at radius 2 is 2.08 bits per heavy atom. The van der Waals surface area contributed by atoms with E-state index in [0.29, 0.717) is 19.3 Å². The smallest absolute Gasteiger partial charge is 0.309 e. The van der Waals surface area contributed by atoms with Gasteiger partial charge in [-0.1, -0.05) is 6.92 Å². The first-order chi connectivity index (χ1) is 5.42. The van der Waals surface area contributed by atoms with Crippen molar-refractivity contribution in [2.75, 3.05) is 0 Å². The SMILES string of the molecule is CC[C@](C)(CC[C@H](C)O)C(=O)O. The lowest BCUT2D eigenvalue weighted by molar-refractivity contribution is -0.148. The van der Waals surface area contributed by atoms with E-state index in [0.717, 1.165) is 0 Å². The molecular formula is C9H18O3. The van der Waals surface area contributed by atoms with Gasteiger partial charge >= 0.3 is 5.97 Å². The fraction of sp³-hybridized carbons (Fsp3) is 0.889. The summed E-state index contributed by atoms with van der Waals surface area (Å²) in [5.74, 6) is -0.773. The number of hydrogen-bond donors (Lipinski definition) is 2. The second-order valence-electron chi connectivity index (χ2n) is 3.61. The Morgan fingerprint density at radius 1 is 1.58 bits per heavy atom. The lowest BCUT2D eigenvalue weighted by Crippen LogP contribution is -2.27. The minimum Gasteiger partial charge on any atom is -0.481 e. The van der Waals surface area contributed by atoms with Crippen LogP contribution in [0.15, 0.2) is 0 Å². The molecule has 0 aromatic heterocycles. The highest BCUT2D eigenvalue weighted by Crippen LogP contribution is 2.28. The molecule has 12 heavy (non-hydrogen) atoms. The van der Waals surface area contributed by atoms with Gasteiger partial charge in [-0.05, 0) is 33.1 Å². The van der Waals surface area contributed by atoms with E-state index in [1.165, 1.54) is 0 Å². The van der Waals surface area contributed by atoms with Crippen molar-refractivity contribution in [3.05, 3.63) is 0 Å². The number of aliphatic carboxylic acids is 1. The lowest BCUT2D eigenvalue weighted by Gasteiger charge is -2.23. The average molecular weight is 174 g/mol. The van der Waals surface area contributed by atoms with E-state index in [2.05, 4.69) is 0 Å². The molecule has 3 nitrogen and oxygen atoms in total. The topological polar surface area (TPSA) is 57.5 Å². The lowest BCUT2D eigenvalue weighted by atomic mass is 9.82. The van der Waals surface area contributed by atoms with E-state index in [9.17, 15) is 4.79 Å². The molecule has 0 heterocycles. The summed E-state index contributed by atoms with van der Waals surface area (Å²) >= 11 is 0. The Hall–Kier alpha value is -0.570. The highest BCUT2D eigenvalue weighted by atomic mass is 16.4. The van der Waals surface area contributed by atoms with Crippen molar-refractivity contribution in [1.82, 2.24) is 0 Å². The van der Waals surface area contributed by atoms with Gasteiger partial charge in [0.25, 0.3) is 0 Å². The van der Waals surface area contributed by atoms with E-state index in [-0.39, 0.29) is 0 Å². The Bertz CT molecular complexity index is 154. The third-order valence-corrected chi connectivity index (χ3v) is 2.41. The third kappa shape index (κ3) is 3.22. The standard InChI is InChI=1S/C9H18O3/c1-4-9(3,8(11)12)6-5-7(2)10/h7,10H,4-6H2,1-3H3,(H,11,12)/t7-,9+/m0/s1. The van der Waals surface area contributed by atoms with Crippen LogP contribution in [0.5, 0.6) is 0 Å². The Morgan fingerprint density at radius 3 is 2.33 bits per heavy atom. The van der Waals surface area contributed by atoms with Crippen LogP contribution in [0.3, 0.4) is 0 Å². The largest absolute Gasteiger partial charge is 0.481 e. The number of carboxylic acid groups (broad SMARTS) is 1. The summed E-state index contributed by atoms with van der Waals surface area (Å²) in [6, 6.07) is 0. The van der Waals surface area contributed by atoms with Crippen LogP contribution in [0, 0.1) is 5.41 Å². The van der Waals surface area contributed by atoms with Crippen molar-refractivity contribution >= 4 is 5.97 Å². The van der Waals surface area contributed by atoms with Crippen LogP contribution in [0.25, 0.3) is 0 Å². The van der Waals surface area contributed by atoms with Crippen LogP contribution in [0.2, 0.25) is 0 Å². The minimum absolute atomic E-state index is 0.407. The number of aliphatic hydroxyl groups excluding tert-OH is 1. The molecule has 0 unspecified atom stereocenters. The minimum atomic E-state index is -0.773. The van der Waals surface area contributed by atoms with Crippen LogP contribution in [0.1, 0.15) is 40.0 Å². The maximum absolute atomic E-state index is 10.8. The predicted molar refractivity (Wildman–Crippen MR) is 46.9 cm³/mol. The average Bonchev–Trinajstić information content (AvgIpc) is 1.99. The molecule has 2 atom stereocenters. The number of aliphatic hydroxyl groups is 1. The van der Waals surface area contributed by atoms with Gasteiger partial charge in [-0.25, -0.2) is 0 Å². The van der Waals surface area contributed by atoms with Crippen molar-refractivity contribution in [2.45, 2.75) is 46.1 Å². The van der Waals surface area contributed by atoms with Gasteiger partial charge < -0.3 is 10.2 Å². The summed E-state index contributed by atoms with van der Waals surface area (Å²) in [7, 11) is 0. The van der Waals surface area contributed by atoms with E-state index in [1.807, 2.05) is 6.92 Å². The fourth-order valence-corrected chi connectivity index (χ4v) is 0.962. The van der Waals surface area contributed by atoms with Crippen LogP contribution in [-0.2, 0) is 4.79 Å². The molecule has 0 aliphatic rings. The monoisotopic (exact) mass is 174 g/mol. The number of carboxylic acids is 1. The molecular weight excluding hydrogens is 156 g/mol.